The highest BCUT2D eigenvalue weighted by Crippen LogP contribution is 2.15. The summed E-state index contributed by atoms with van der Waals surface area (Å²) in [5.74, 6) is 1.84. The molecule has 0 amide bonds. The number of hydrogen-bond acceptors (Lipinski definition) is 4. The lowest BCUT2D eigenvalue weighted by Crippen LogP contribution is -2.48. The van der Waals surface area contributed by atoms with E-state index in [9.17, 15) is 0 Å². The Morgan fingerprint density at radius 1 is 1.22 bits per heavy atom. The third-order valence-electron chi connectivity index (χ3n) is 4.71. The summed E-state index contributed by atoms with van der Waals surface area (Å²) in [5, 5.41) is 3.44. The zero-order valence-corrected chi connectivity index (χ0v) is 17.2. The number of guanidine groups is 1. The monoisotopic (exact) mass is 377 g/mol. The average Bonchev–Trinajstić information content (AvgIpc) is 2.68. The van der Waals surface area contributed by atoms with Crippen LogP contribution in [0.4, 0.5) is 0 Å². The van der Waals surface area contributed by atoms with E-state index in [1.54, 1.807) is 7.11 Å². The van der Waals surface area contributed by atoms with Crippen molar-refractivity contribution in [1.82, 2.24) is 10.2 Å². The molecular formula is C21H35N3O3. The molecule has 0 aromatic heterocycles. The summed E-state index contributed by atoms with van der Waals surface area (Å²) in [6.45, 7) is 8.32. The molecule has 1 atom stereocenters. The van der Waals surface area contributed by atoms with E-state index in [1.165, 1.54) is 5.56 Å². The number of benzene rings is 1. The van der Waals surface area contributed by atoms with Crippen LogP contribution in [0.1, 0.15) is 31.7 Å². The van der Waals surface area contributed by atoms with Crippen LogP contribution in [0, 0.1) is 6.92 Å². The van der Waals surface area contributed by atoms with Crippen molar-refractivity contribution in [2.24, 2.45) is 4.99 Å². The van der Waals surface area contributed by atoms with E-state index in [2.05, 4.69) is 41.2 Å². The first-order valence-electron chi connectivity index (χ1n) is 9.92. The highest BCUT2D eigenvalue weighted by Gasteiger charge is 2.22. The van der Waals surface area contributed by atoms with Gasteiger partial charge in [-0.2, -0.15) is 0 Å². The van der Waals surface area contributed by atoms with Crippen molar-refractivity contribution >= 4 is 5.96 Å². The third kappa shape index (κ3) is 7.77. The van der Waals surface area contributed by atoms with E-state index in [0.717, 1.165) is 57.3 Å². The van der Waals surface area contributed by atoms with Crippen molar-refractivity contribution in [3.05, 3.63) is 29.8 Å². The van der Waals surface area contributed by atoms with Gasteiger partial charge >= 0.3 is 0 Å². The molecule has 1 fully saturated rings. The van der Waals surface area contributed by atoms with Crippen LogP contribution >= 0.6 is 0 Å². The smallest absolute Gasteiger partial charge is 0.193 e. The van der Waals surface area contributed by atoms with E-state index >= 15 is 0 Å². The number of nitrogens with one attached hydrogen (secondary N) is 1. The maximum atomic E-state index is 5.97. The van der Waals surface area contributed by atoms with Gasteiger partial charge in [0.05, 0.1) is 12.6 Å². The molecule has 1 unspecified atom stereocenters. The first kappa shape index (κ1) is 21.5. The summed E-state index contributed by atoms with van der Waals surface area (Å²) >= 11 is 0. The predicted molar refractivity (Wildman–Crippen MR) is 110 cm³/mol. The van der Waals surface area contributed by atoms with Gasteiger partial charge in [0.15, 0.2) is 5.96 Å². The number of hydrogen-bond donors (Lipinski definition) is 1. The molecule has 1 N–H and O–H groups in total. The second-order valence-electron chi connectivity index (χ2n) is 7.07. The van der Waals surface area contributed by atoms with Gasteiger partial charge in [-0.05, 0) is 45.2 Å². The zero-order valence-electron chi connectivity index (χ0n) is 17.2. The Morgan fingerprint density at radius 2 is 1.93 bits per heavy atom. The lowest BCUT2D eigenvalue weighted by Gasteiger charge is -2.34. The summed E-state index contributed by atoms with van der Waals surface area (Å²) in [6.07, 6.45) is 3.43. The van der Waals surface area contributed by atoms with Crippen molar-refractivity contribution in [3.63, 3.8) is 0 Å². The number of rotatable bonds is 9. The Morgan fingerprint density at radius 3 is 2.56 bits per heavy atom. The van der Waals surface area contributed by atoms with Crippen LogP contribution in [0.2, 0.25) is 0 Å². The molecule has 1 aliphatic rings. The molecule has 1 aromatic carbocycles. The van der Waals surface area contributed by atoms with Crippen molar-refractivity contribution < 1.29 is 14.2 Å². The average molecular weight is 378 g/mol. The summed E-state index contributed by atoms with van der Waals surface area (Å²) < 4.78 is 17.0. The Labute approximate surface area is 163 Å². The zero-order chi connectivity index (χ0) is 19.5. The number of aliphatic imine (C=N–C) groups is 1. The topological polar surface area (TPSA) is 55.3 Å². The van der Waals surface area contributed by atoms with Crippen molar-refractivity contribution in [2.45, 2.75) is 45.3 Å². The van der Waals surface area contributed by atoms with Gasteiger partial charge in [0.2, 0.25) is 0 Å². The molecule has 6 nitrogen and oxygen atoms in total. The molecule has 27 heavy (non-hydrogen) atoms. The van der Waals surface area contributed by atoms with E-state index in [4.69, 9.17) is 14.2 Å². The number of aryl methyl sites for hydroxylation is 1. The number of ether oxygens (including phenoxy) is 3. The van der Waals surface area contributed by atoms with Crippen LogP contribution in [-0.2, 0) is 9.47 Å². The largest absolute Gasteiger partial charge is 0.489 e. The van der Waals surface area contributed by atoms with Crippen molar-refractivity contribution in [2.75, 3.05) is 47.0 Å². The number of likely N-dealkylation sites (tertiary alicyclic amines) is 1. The Hall–Kier alpha value is -1.79. The van der Waals surface area contributed by atoms with Crippen LogP contribution in [-0.4, -0.2) is 70.1 Å². The normalized spacial score (nSPS) is 17.0. The molecule has 2 rings (SSSR count). The van der Waals surface area contributed by atoms with Gasteiger partial charge in [-0.25, -0.2) is 0 Å². The van der Waals surface area contributed by atoms with Crippen LogP contribution in [0.5, 0.6) is 5.75 Å². The summed E-state index contributed by atoms with van der Waals surface area (Å²) in [4.78, 5) is 6.73. The molecule has 1 aliphatic heterocycles. The first-order chi connectivity index (χ1) is 13.1. The van der Waals surface area contributed by atoms with Gasteiger partial charge in [-0.1, -0.05) is 17.7 Å². The molecular weight excluding hydrogens is 342 g/mol. The number of piperidine rings is 1. The molecule has 0 spiro atoms. The van der Waals surface area contributed by atoms with E-state index in [1.807, 2.05) is 19.2 Å². The van der Waals surface area contributed by atoms with Crippen molar-refractivity contribution in [1.29, 1.82) is 0 Å². The standard InChI is InChI=1S/C21H35N3O3/c1-17-6-8-20(9-7-17)27-18(2)16-23-21(22-3)24-12-10-19(11-13-24)26-15-5-14-25-4/h6-9,18-19H,5,10-16H2,1-4H3,(H,22,23). The summed E-state index contributed by atoms with van der Waals surface area (Å²) in [7, 11) is 3.56. The molecule has 0 radical (unpaired) electrons. The second-order valence-corrected chi connectivity index (χ2v) is 7.07. The quantitative estimate of drug-likeness (QED) is 0.407. The fourth-order valence-corrected chi connectivity index (χ4v) is 3.15. The highest BCUT2D eigenvalue weighted by atomic mass is 16.5. The Bertz CT molecular complexity index is 554. The molecule has 6 heteroatoms. The predicted octanol–water partition coefficient (Wildman–Crippen LogP) is 2.86. The Balaban J connectivity index is 1.68. The van der Waals surface area contributed by atoms with E-state index in [0.29, 0.717) is 12.6 Å². The summed E-state index contributed by atoms with van der Waals surface area (Å²) in [5.41, 5.74) is 1.24. The molecule has 0 saturated carbocycles. The second kappa shape index (κ2) is 11.8. The molecule has 1 heterocycles. The lowest BCUT2D eigenvalue weighted by atomic mass is 10.1. The fraction of sp³-hybridized carbons (Fsp3) is 0.667. The maximum Gasteiger partial charge on any atom is 0.193 e. The SMILES string of the molecule is CN=C(NCC(C)Oc1ccc(C)cc1)N1CCC(OCCCOC)CC1. The molecule has 1 saturated heterocycles. The Kier molecular flexibility index (Phi) is 9.42. The minimum atomic E-state index is 0.0612. The highest BCUT2D eigenvalue weighted by molar-refractivity contribution is 5.80. The molecule has 1 aromatic rings. The maximum absolute atomic E-state index is 5.97. The van der Waals surface area contributed by atoms with Crippen LogP contribution in [0.3, 0.4) is 0 Å². The van der Waals surface area contributed by atoms with Crippen LogP contribution < -0.4 is 10.1 Å². The van der Waals surface area contributed by atoms with Gasteiger partial charge in [-0.3, -0.25) is 4.99 Å². The molecule has 152 valence electrons. The van der Waals surface area contributed by atoms with Crippen LogP contribution in [0.25, 0.3) is 0 Å². The number of methoxy groups -OCH3 is 1. The van der Waals surface area contributed by atoms with Gasteiger partial charge in [0.25, 0.3) is 0 Å². The molecule has 0 aliphatic carbocycles. The van der Waals surface area contributed by atoms with E-state index in [-0.39, 0.29) is 6.10 Å². The van der Waals surface area contributed by atoms with Gasteiger partial charge in [-0.15, -0.1) is 0 Å². The third-order valence-corrected chi connectivity index (χ3v) is 4.71. The minimum Gasteiger partial charge on any atom is -0.489 e. The first-order valence-corrected chi connectivity index (χ1v) is 9.92. The lowest BCUT2D eigenvalue weighted by molar-refractivity contribution is 0.00984. The summed E-state index contributed by atoms with van der Waals surface area (Å²) in [6, 6.07) is 8.15. The van der Waals surface area contributed by atoms with Crippen molar-refractivity contribution in [3.8, 4) is 5.75 Å². The van der Waals surface area contributed by atoms with Gasteiger partial charge in [0.1, 0.15) is 11.9 Å². The van der Waals surface area contributed by atoms with Crippen LogP contribution in [0.15, 0.2) is 29.3 Å². The fourth-order valence-electron chi connectivity index (χ4n) is 3.15. The number of nitrogens with zero attached hydrogens (tertiary/aromatic N) is 2. The molecule has 0 bridgehead atoms. The van der Waals surface area contributed by atoms with E-state index < -0.39 is 0 Å². The minimum absolute atomic E-state index is 0.0612. The van der Waals surface area contributed by atoms with Gasteiger partial charge < -0.3 is 24.4 Å². The van der Waals surface area contributed by atoms with Gasteiger partial charge in [0, 0.05) is 40.5 Å².